The van der Waals surface area contributed by atoms with Crippen LogP contribution >= 0.6 is 0 Å². The van der Waals surface area contributed by atoms with Gasteiger partial charge in [-0.1, -0.05) is 35.0 Å². The highest BCUT2D eigenvalue weighted by Gasteiger charge is 2.39. The number of hydrogen-bond donors (Lipinski definition) is 1. The fourth-order valence-electron chi connectivity index (χ4n) is 3.12. The maximum atomic E-state index is 12.6. The first-order valence-corrected chi connectivity index (χ1v) is 10.5. The Morgan fingerprint density at radius 3 is 2.33 bits per heavy atom. The zero-order valence-electron chi connectivity index (χ0n) is 15.1. The van der Waals surface area contributed by atoms with Crippen molar-refractivity contribution in [3.8, 4) is 11.5 Å². The van der Waals surface area contributed by atoms with Crippen molar-refractivity contribution in [1.82, 2.24) is 10.1 Å². The number of hydrogen-bond acceptors (Lipinski definition) is 6. The number of aryl methyl sites for hydroxylation is 1. The molecule has 6 nitrogen and oxygen atoms in total. The molecule has 27 heavy (non-hydrogen) atoms. The Kier molecular flexibility index (Phi) is 4.36. The zero-order valence-corrected chi connectivity index (χ0v) is 15.9. The van der Waals surface area contributed by atoms with E-state index in [2.05, 4.69) is 10.1 Å². The Morgan fingerprint density at radius 2 is 1.74 bits per heavy atom. The van der Waals surface area contributed by atoms with Crippen molar-refractivity contribution < 1.29 is 12.9 Å². The summed E-state index contributed by atoms with van der Waals surface area (Å²) in [7, 11) is -3.39. The molecule has 1 aliphatic carbocycles. The van der Waals surface area contributed by atoms with Gasteiger partial charge >= 0.3 is 0 Å². The number of benzene rings is 2. The molecule has 0 bridgehead atoms. The fraction of sp³-hybridized carbons (Fsp3) is 0.300. The molecular formula is C20H21N3O3S. The van der Waals surface area contributed by atoms with Crippen molar-refractivity contribution in [2.75, 3.05) is 0 Å². The molecule has 140 valence electrons. The number of nitrogens with two attached hydrogens (primary N) is 1. The average Bonchev–Trinajstić information content (AvgIpc) is 3.11. The maximum absolute atomic E-state index is 12.6. The van der Waals surface area contributed by atoms with Crippen molar-refractivity contribution in [2.45, 2.75) is 42.4 Å². The molecule has 0 radical (unpaired) electrons. The highest BCUT2D eigenvalue weighted by Crippen LogP contribution is 2.37. The minimum absolute atomic E-state index is 0.0582. The van der Waals surface area contributed by atoms with Crippen LogP contribution in [0.25, 0.3) is 11.5 Å². The Hall–Kier alpha value is -2.51. The molecular weight excluding hydrogens is 362 g/mol. The minimum Gasteiger partial charge on any atom is -0.334 e. The first-order chi connectivity index (χ1) is 12.9. The normalized spacial score (nSPS) is 16.1. The number of sulfone groups is 1. The van der Waals surface area contributed by atoms with Gasteiger partial charge in [0.1, 0.15) is 0 Å². The summed E-state index contributed by atoms with van der Waals surface area (Å²) < 4.78 is 30.5. The molecule has 3 aromatic rings. The number of rotatable bonds is 5. The second-order valence-corrected chi connectivity index (χ2v) is 9.19. The smallest absolute Gasteiger partial charge is 0.257 e. The van der Waals surface area contributed by atoms with Crippen molar-refractivity contribution in [2.24, 2.45) is 5.73 Å². The molecule has 4 rings (SSSR count). The Balaban J connectivity index is 1.51. The summed E-state index contributed by atoms with van der Waals surface area (Å²) in [6.45, 7) is 1.93. The maximum Gasteiger partial charge on any atom is 0.257 e. The second-order valence-electron chi connectivity index (χ2n) is 7.20. The van der Waals surface area contributed by atoms with E-state index in [1.165, 1.54) is 0 Å². The topological polar surface area (TPSA) is 99.1 Å². The van der Waals surface area contributed by atoms with E-state index < -0.39 is 15.4 Å². The number of nitrogens with zero attached hydrogens (tertiary/aromatic N) is 2. The van der Waals surface area contributed by atoms with Gasteiger partial charge in [-0.05, 0) is 56.0 Å². The Morgan fingerprint density at radius 1 is 1.07 bits per heavy atom. The molecule has 1 aromatic heterocycles. The predicted octanol–water partition coefficient (Wildman–Crippen LogP) is 3.36. The average molecular weight is 383 g/mol. The summed E-state index contributed by atoms with van der Waals surface area (Å²) in [6.07, 6.45) is 2.80. The third-order valence-corrected chi connectivity index (χ3v) is 6.76. The minimum atomic E-state index is -3.39. The Bertz CT molecular complexity index is 1050. The lowest BCUT2D eigenvalue weighted by atomic mass is 9.77. The molecule has 1 heterocycles. The van der Waals surface area contributed by atoms with Crippen LogP contribution in [-0.4, -0.2) is 18.6 Å². The van der Waals surface area contributed by atoms with E-state index in [1.54, 1.807) is 48.5 Å². The van der Waals surface area contributed by atoms with Gasteiger partial charge in [0.25, 0.3) is 5.89 Å². The van der Waals surface area contributed by atoms with Crippen LogP contribution in [0.3, 0.4) is 0 Å². The van der Waals surface area contributed by atoms with Gasteiger partial charge in [0, 0.05) is 5.56 Å². The standard InChI is InChI=1S/C20H21N3O3S/c1-14-3-9-17(10-4-14)27(24,25)13-15-5-7-16(8-6-15)18-22-19(23-26-18)20(21)11-2-12-20/h3-10H,2,11-13,21H2,1H3. The number of aromatic nitrogens is 2. The fourth-order valence-corrected chi connectivity index (χ4v) is 4.46. The molecule has 0 saturated heterocycles. The second kappa shape index (κ2) is 6.58. The van der Waals surface area contributed by atoms with Crippen LogP contribution < -0.4 is 5.73 Å². The van der Waals surface area contributed by atoms with Gasteiger partial charge in [-0.15, -0.1) is 0 Å². The monoisotopic (exact) mass is 383 g/mol. The highest BCUT2D eigenvalue weighted by atomic mass is 32.2. The molecule has 0 amide bonds. The molecule has 1 fully saturated rings. The van der Waals surface area contributed by atoms with E-state index in [1.807, 2.05) is 6.92 Å². The first kappa shape index (κ1) is 17.9. The van der Waals surface area contributed by atoms with E-state index >= 15 is 0 Å². The van der Waals surface area contributed by atoms with E-state index in [0.29, 0.717) is 22.2 Å². The summed E-state index contributed by atoms with van der Waals surface area (Å²) in [6, 6.07) is 14.0. The van der Waals surface area contributed by atoms with E-state index in [4.69, 9.17) is 10.3 Å². The van der Waals surface area contributed by atoms with E-state index in [0.717, 1.165) is 30.4 Å². The van der Waals surface area contributed by atoms with Gasteiger partial charge in [0.2, 0.25) is 0 Å². The summed E-state index contributed by atoms with van der Waals surface area (Å²) in [5.41, 5.74) is 8.23. The summed E-state index contributed by atoms with van der Waals surface area (Å²) in [5.74, 6) is 0.876. The van der Waals surface area contributed by atoms with Crippen LogP contribution in [0.5, 0.6) is 0 Å². The van der Waals surface area contributed by atoms with Crippen LogP contribution in [0, 0.1) is 6.92 Å². The van der Waals surface area contributed by atoms with Gasteiger partial charge in [-0.25, -0.2) is 8.42 Å². The van der Waals surface area contributed by atoms with Crippen LogP contribution in [0.1, 0.15) is 36.2 Å². The summed E-state index contributed by atoms with van der Waals surface area (Å²) in [5, 5.41) is 4.01. The lowest BCUT2D eigenvalue weighted by Gasteiger charge is -2.34. The van der Waals surface area contributed by atoms with E-state index in [9.17, 15) is 8.42 Å². The third kappa shape index (κ3) is 3.52. The van der Waals surface area contributed by atoms with Gasteiger partial charge < -0.3 is 10.3 Å². The van der Waals surface area contributed by atoms with Crippen LogP contribution in [-0.2, 0) is 21.1 Å². The predicted molar refractivity (Wildman–Crippen MR) is 102 cm³/mol. The lowest BCUT2D eigenvalue weighted by molar-refractivity contribution is 0.229. The van der Waals surface area contributed by atoms with Gasteiger partial charge in [-0.2, -0.15) is 4.98 Å². The van der Waals surface area contributed by atoms with Gasteiger partial charge in [-0.3, -0.25) is 0 Å². The van der Waals surface area contributed by atoms with Gasteiger partial charge in [0.05, 0.1) is 16.2 Å². The van der Waals surface area contributed by atoms with Crippen molar-refractivity contribution in [1.29, 1.82) is 0 Å². The van der Waals surface area contributed by atoms with E-state index in [-0.39, 0.29) is 5.75 Å². The molecule has 1 aliphatic rings. The van der Waals surface area contributed by atoms with Gasteiger partial charge in [0.15, 0.2) is 15.7 Å². The Labute approximate surface area is 158 Å². The lowest BCUT2D eigenvalue weighted by Crippen LogP contribution is -2.44. The largest absolute Gasteiger partial charge is 0.334 e. The quantitative estimate of drug-likeness (QED) is 0.725. The van der Waals surface area contributed by atoms with Crippen LogP contribution in [0.4, 0.5) is 0 Å². The molecule has 0 aliphatic heterocycles. The summed E-state index contributed by atoms with van der Waals surface area (Å²) in [4.78, 5) is 4.74. The first-order valence-electron chi connectivity index (χ1n) is 8.88. The third-order valence-electron chi connectivity index (χ3n) is 5.05. The van der Waals surface area contributed by atoms with Crippen LogP contribution in [0.15, 0.2) is 57.9 Å². The molecule has 2 N–H and O–H groups in total. The van der Waals surface area contributed by atoms with Crippen molar-refractivity contribution in [3.05, 3.63) is 65.5 Å². The van der Waals surface area contributed by atoms with Crippen molar-refractivity contribution >= 4 is 9.84 Å². The van der Waals surface area contributed by atoms with Crippen molar-refractivity contribution in [3.63, 3.8) is 0 Å². The molecule has 0 unspecified atom stereocenters. The molecule has 1 saturated carbocycles. The zero-order chi connectivity index (χ0) is 19.1. The molecule has 2 aromatic carbocycles. The molecule has 0 spiro atoms. The molecule has 0 atom stereocenters. The van der Waals surface area contributed by atoms with Crippen LogP contribution in [0.2, 0.25) is 0 Å². The molecule has 7 heteroatoms. The SMILES string of the molecule is Cc1ccc(S(=O)(=O)Cc2ccc(-c3nc(C4(N)CCC4)no3)cc2)cc1. The highest BCUT2D eigenvalue weighted by molar-refractivity contribution is 7.90. The summed E-state index contributed by atoms with van der Waals surface area (Å²) >= 11 is 0.